The van der Waals surface area contributed by atoms with Crippen LogP contribution in [-0.4, -0.2) is 52.2 Å². The lowest BCUT2D eigenvalue weighted by atomic mass is 10.1. The Bertz CT molecular complexity index is 624. The summed E-state index contributed by atoms with van der Waals surface area (Å²) < 4.78 is 33.0. The van der Waals surface area contributed by atoms with Gasteiger partial charge in [-0.05, 0) is 49.4 Å². The van der Waals surface area contributed by atoms with Gasteiger partial charge in [-0.25, -0.2) is 13.1 Å². The van der Waals surface area contributed by atoms with E-state index in [1.54, 1.807) is 6.07 Å². The normalized spacial score (nSPS) is 20.8. The maximum Gasteiger partial charge on any atom is 0.240 e. The number of rotatable bonds is 5. The van der Waals surface area contributed by atoms with Crippen molar-refractivity contribution >= 4 is 10.0 Å². The van der Waals surface area contributed by atoms with Gasteiger partial charge in [0, 0.05) is 25.7 Å². The molecule has 1 aromatic rings. The zero-order valence-electron chi connectivity index (χ0n) is 13.0. The van der Waals surface area contributed by atoms with Gasteiger partial charge in [0.25, 0.3) is 0 Å². The third-order valence-electron chi connectivity index (χ3n) is 4.62. The molecule has 1 fully saturated rings. The zero-order valence-corrected chi connectivity index (χ0v) is 13.9. The highest BCUT2D eigenvalue weighted by Gasteiger charge is 2.21. The molecule has 1 heterocycles. The number of aryl methyl sites for hydroxylation is 2. The first-order valence-electron chi connectivity index (χ1n) is 7.99. The van der Waals surface area contributed by atoms with Gasteiger partial charge in [0.1, 0.15) is 0 Å². The molecule has 0 spiro atoms. The van der Waals surface area contributed by atoms with Gasteiger partial charge >= 0.3 is 0 Å². The lowest BCUT2D eigenvalue weighted by Gasteiger charge is -2.32. The number of nitrogens with one attached hydrogen (secondary N) is 1. The second-order valence-corrected chi connectivity index (χ2v) is 7.90. The maximum atomic E-state index is 12.5. The third kappa shape index (κ3) is 3.51. The Morgan fingerprint density at radius 2 is 1.95 bits per heavy atom. The molecule has 1 aliphatic carbocycles. The molecule has 6 heteroatoms. The molecule has 1 aromatic carbocycles. The monoisotopic (exact) mass is 324 g/mol. The highest BCUT2D eigenvalue weighted by molar-refractivity contribution is 7.89. The lowest BCUT2D eigenvalue weighted by Crippen LogP contribution is -2.47. The fourth-order valence-corrected chi connectivity index (χ4v) is 4.35. The highest BCUT2D eigenvalue weighted by atomic mass is 32.2. The number of hydrogen-bond acceptors (Lipinski definition) is 4. The van der Waals surface area contributed by atoms with Crippen molar-refractivity contribution in [3.63, 3.8) is 0 Å². The molecule has 1 saturated heterocycles. The van der Waals surface area contributed by atoms with E-state index in [1.165, 1.54) is 11.1 Å². The summed E-state index contributed by atoms with van der Waals surface area (Å²) in [6.07, 6.45) is 3.18. The Balaban J connectivity index is 1.63. The van der Waals surface area contributed by atoms with E-state index in [-0.39, 0.29) is 6.04 Å². The van der Waals surface area contributed by atoms with E-state index in [0.717, 1.165) is 45.6 Å². The second-order valence-electron chi connectivity index (χ2n) is 6.13. The van der Waals surface area contributed by atoms with Crippen LogP contribution in [0.15, 0.2) is 23.1 Å². The smallest absolute Gasteiger partial charge is 0.240 e. The van der Waals surface area contributed by atoms with Crippen LogP contribution in [0, 0.1) is 0 Å². The van der Waals surface area contributed by atoms with Gasteiger partial charge in [-0.1, -0.05) is 6.07 Å². The summed E-state index contributed by atoms with van der Waals surface area (Å²) in [6, 6.07) is 5.70. The fraction of sp³-hybridized carbons (Fsp3) is 0.625. The summed E-state index contributed by atoms with van der Waals surface area (Å²) in [5.74, 6) is 0. The molecule has 0 saturated carbocycles. The Morgan fingerprint density at radius 3 is 2.73 bits per heavy atom. The van der Waals surface area contributed by atoms with Crippen LogP contribution in [0.25, 0.3) is 0 Å². The van der Waals surface area contributed by atoms with Crippen molar-refractivity contribution in [3.8, 4) is 0 Å². The molecule has 3 rings (SSSR count). The molecule has 0 radical (unpaired) electrons. The van der Waals surface area contributed by atoms with Crippen LogP contribution < -0.4 is 4.72 Å². The van der Waals surface area contributed by atoms with Gasteiger partial charge < -0.3 is 4.74 Å². The molecular formula is C16H24N2O3S. The summed E-state index contributed by atoms with van der Waals surface area (Å²) >= 11 is 0. The average Bonchev–Trinajstić information content (AvgIpc) is 3.01. The summed E-state index contributed by atoms with van der Waals surface area (Å²) in [4.78, 5) is 2.65. The number of nitrogens with zero attached hydrogens (tertiary/aromatic N) is 1. The first-order valence-corrected chi connectivity index (χ1v) is 9.48. The Morgan fingerprint density at radius 1 is 1.23 bits per heavy atom. The standard InChI is InChI=1S/C16H24N2O3S/c1-13(18-7-9-21-10-8-18)12-17-22(19,20)16-6-5-14-3-2-4-15(14)11-16/h5-6,11,13,17H,2-4,7-10,12H2,1H3. The van der Waals surface area contributed by atoms with E-state index in [9.17, 15) is 8.42 Å². The third-order valence-corrected chi connectivity index (χ3v) is 6.04. The number of fused-ring (bicyclic) bond motifs is 1. The van der Waals surface area contributed by atoms with Crippen LogP contribution in [0.5, 0.6) is 0 Å². The first-order chi connectivity index (χ1) is 10.6. The molecule has 1 N–H and O–H groups in total. The van der Waals surface area contributed by atoms with Crippen molar-refractivity contribution in [3.05, 3.63) is 29.3 Å². The van der Waals surface area contributed by atoms with Gasteiger partial charge in [-0.3, -0.25) is 4.90 Å². The van der Waals surface area contributed by atoms with E-state index in [1.807, 2.05) is 12.1 Å². The van der Waals surface area contributed by atoms with Gasteiger partial charge in [-0.15, -0.1) is 0 Å². The van der Waals surface area contributed by atoms with Gasteiger partial charge in [-0.2, -0.15) is 0 Å². The van der Waals surface area contributed by atoms with Gasteiger partial charge in [0.15, 0.2) is 0 Å². The molecule has 0 aromatic heterocycles. The number of ether oxygens (including phenoxy) is 1. The largest absolute Gasteiger partial charge is 0.379 e. The molecule has 1 unspecified atom stereocenters. The second kappa shape index (κ2) is 6.66. The Hall–Kier alpha value is -0.950. The number of sulfonamides is 1. The average molecular weight is 324 g/mol. The predicted molar refractivity (Wildman–Crippen MR) is 85.5 cm³/mol. The minimum atomic E-state index is -3.42. The SMILES string of the molecule is CC(CNS(=O)(=O)c1ccc2c(c1)CCC2)N1CCOCC1. The van der Waals surface area contributed by atoms with E-state index in [0.29, 0.717) is 11.4 Å². The Kier molecular flexibility index (Phi) is 4.82. The van der Waals surface area contributed by atoms with Crippen molar-refractivity contribution in [2.45, 2.75) is 37.1 Å². The minimum Gasteiger partial charge on any atom is -0.379 e. The molecule has 0 amide bonds. The number of benzene rings is 1. The van der Waals surface area contributed by atoms with Crippen LogP contribution in [0.1, 0.15) is 24.5 Å². The predicted octanol–water partition coefficient (Wildman–Crippen LogP) is 1.17. The van der Waals surface area contributed by atoms with Crippen molar-refractivity contribution in [1.29, 1.82) is 0 Å². The van der Waals surface area contributed by atoms with Gasteiger partial charge in [0.05, 0.1) is 18.1 Å². The lowest BCUT2D eigenvalue weighted by molar-refractivity contribution is 0.0213. The maximum absolute atomic E-state index is 12.5. The molecule has 122 valence electrons. The first kappa shape index (κ1) is 15.9. The number of hydrogen-bond donors (Lipinski definition) is 1. The van der Waals surface area contributed by atoms with Crippen molar-refractivity contribution in [2.24, 2.45) is 0 Å². The molecule has 1 aliphatic heterocycles. The minimum absolute atomic E-state index is 0.174. The zero-order chi connectivity index (χ0) is 15.6. The van der Waals surface area contributed by atoms with Gasteiger partial charge in [0.2, 0.25) is 10.0 Å². The van der Waals surface area contributed by atoms with E-state index >= 15 is 0 Å². The van der Waals surface area contributed by atoms with Crippen LogP contribution in [0.2, 0.25) is 0 Å². The topological polar surface area (TPSA) is 58.6 Å². The van der Waals surface area contributed by atoms with Crippen LogP contribution >= 0.6 is 0 Å². The molecule has 2 aliphatic rings. The van der Waals surface area contributed by atoms with Crippen molar-refractivity contribution < 1.29 is 13.2 Å². The van der Waals surface area contributed by atoms with Crippen LogP contribution in [0.4, 0.5) is 0 Å². The van der Waals surface area contributed by atoms with Crippen LogP contribution in [-0.2, 0) is 27.6 Å². The quantitative estimate of drug-likeness (QED) is 0.883. The summed E-state index contributed by atoms with van der Waals surface area (Å²) in [5.41, 5.74) is 2.48. The fourth-order valence-electron chi connectivity index (χ4n) is 3.18. The summed E-state index contributed by atoms with van der Waals surface area (Å²) in [5, 5.41) is 0. The van der Waals surface area contributed by atoms with Crippen molar-refractivity contribution in [2.75, 3.05) is 32.8 Å². The highest BCUT2D eigenvalue weighted by Crippen LogP contribution is 2.24. The van der Waals surface area contributed by atoms with E-state index in [4.69, 9.17) is 4.74 Å². The summed E-state index contributed by atoms with van der Waals surface area (Å²) in [6.45, 7) is 5.66. The van der Waals surface area contributed by atoms with E-state index < -0.39 is 10.0 Å². The number of morpholine rings is 1. The molecular weight excluding hydrogens is 300 g/mol. The van der Waals surface area contributed by atoms with E-state index in [2.05, 4.69) is 16.5 Å². The summed E-state index contributed by atoms with van der Waals surface area (Å²) in [7, 11) is -3.42. The molecule has 1 atom stereocenters. The molecule has 22 heavy (non-hydrogen) atoms. The molecule has 0 bridgehead atoms. The Labute approximate surface area is 132 Å². The van der Waals surface area contributed by atoms with Crippen molar-refractivity contribution in [1.82, 2.24) is 9.62 Å². The van der Waals surface area contributed by atoms with Crippen LogP contribution in [0.3, 0.4) is 0 Å². The molecule has 5 nitrogen and oxygen atoms in total.